The van der Waals surface area contributed by atoms with Gasteiger partial charge >= 0.3 is 0 Å². The molecule has 0 saturated carbocycles. The zero-order valence-corrected chi connectivity index (χ0v) is 12.1. The normalized spacial score (nSPS) is 27.7. The van der Waals surface area contributed by atoms with Crippen molar-refractivity contribution in [3.05, 3.63) is 65.2 Å². The van der Waals surface area contributed by atoms with E-state index in [-0.39, 0.29) is 0 Å². The fourth-order valence-electron chi connectivity index (χ4n) is 4.18. The van der Waals surface area contributed by atoms with E-state index in [1.54, 1.807) is 0 Å². The number of piperidine rings is 1. The van der Waals surface area contributed by atoms with E-state index in [2.05, 4.69) is 41.7 Å². The fourth-order valence-corrected chi connectivity index (χ4v) is 4.18. The second kappa shape index (κ2) is 5.19. The van der Waals surface area contributed by atoms with Crippen molar-refractivity contribution in [2.45, 2.75) is 24.7 Å². The largest absolute Gasteiger partial charge is 0.508 e. The summed E-state index contributed by atoms with van der Waals surface area (Å²) in [6, 6.07) is 16.7. The molecule has 108 valence electrons. The Hall–Kier alpha value is -1.80. The maximum absolute atomic E-state index is 9.53. The second-order valence-corrected chi connectivity index (χ2v) is 6.37. The number of aromatic hydroxyl groups is 1. The van der Waals surface area contributed by atoms with Gasteiger partial charge in [-0.2, -0.15) is 0 Å². The SMILES string of the molecule is Oc1ccc(C2CC3CCNCC3c3ccccc32)cc1. The van der Waals surface area contributed by atoms with Gasteiger partial charge in [0.15, 0.2) is 0 Å². The molecule has 3 unspecified atom stereocenters. The average Bonchev–Trinajstić information content (AvgIpc) is 2.55. The van der Waals surface area contributed by atoms with Crippen LogP contribution >= 0.6 is 0 Å². The Balaban J connectivity index is 1.79. The number of nitrogens with one attached hydrogen (secondary N) is 1. The van der Waals surface area contributed by atoms with Gasteiger partial charge in [0.25, 0.3) is 0 Å². The van der Waals surface area contributed by atoms with Gasteiger partial charge in [-0.1, -0.05) is 36.4 Å². The number of hydrogen-bond donors (Lipinski definition) is 2. The van der Waals surface area contributed by atoms with Crippen molar-refractivity contribution < 1.29 is 5.11 Å². The lowest BCUT2D eigenvalue weighted by atomic mass is 9.66. The molecule has 1 saturated heterocycles. The average molecular weight is 279 g/mol. The molecule has 0 amide bonds. The van der Waals surface area contributed by atoms with Crippen LogP contribution in [0.4, 0.5) is 0 Å². The number of benzene rings is 2. The van der Waals surface area contributed by atoms with E-state index in [0.29, 0.717) is 17.6 Å². The minimum Gasteiger partial charge on any atom is -0.508 e. The molecule has 1 aliphatic carbocycles. The van der Waals surface area contributed by atoms with Crippen LogP contribution in [0, 0.1) is 5.92 Å². The van der Waals surface area contributed by atoms with Crippen molar-refractivity contribution in [1.29, 1.82) is 0 Å². The van der Waals surface area contributed by atoms with Crippen LogP contribution in [0.5, 0.6) is 5.75 Å². The number of phenolic OH excluding ortho intramolecular Hbond substituents is 1. The van der Waals surface area contributed by atoms with Crippen LogP contribution < -0.4 is 5.32 Å². The highest BCUT2D eigenvalue weighted by Crippen LogP contribution is 2.47. The Labute approximate surface area is 125 Å². The van der Waals surface area contributed by atoms with Crippen molar-refractivity contribution >= 4 is 0 Å². The van der Waals surface area contributed by atoms with E-state index in [1.807, 2.05) is 12.1 Å². The number of phenols is 1. The molecular weight excluding hydrogens is 258 g/mol. The first-order chi connectivity index (χ1) is 10.3. The van der Waals surface area contributed by atoms with E-state index in [4.69, 9.17) is 0 Å². The summed E-state index contributed by atoms with van der Waals surface area (Å²) in [6.45, 7) is 2.26. The lowest BCUT2D eigenvalue weighted by molar-refractivity contribution is 0.278. The van der Waals surface area contributed by atoms with Gasteiger partial charge in [0.1, 0.15) is 5.75 Å². The van der Waals surface area contributed by atoms with Gasteiger partial charge in [-0.25, -0.2) is 0 Å². The van der Waals surface area contributed by atoms with Gasteiger partial charge in [-0.3, -0.25) is 0 Å². The summed E-state index contributed by atoms with van der Waals surface area (Å²) in [5.74, 6) is 2.27. The van der Waals surface area contributed by atoms with Gasteiger partial charge < -0.3 is 10.4 Å². The van der Waals surface area contributed by atoms with Crippen LogP contribution in [-0.4, -0.2) is 18.2 Å². The second-order valence-electron chi connectivity index (χ2n) is 6.37. The molecule has 2 heteroatoms. The molecule has 3 atom stereocenters. The van der Waals surface area contributed by atoms with Crippen LogP contribution in [0.2, 0.25) is 0 Å². The standard InChI is InChI=1S/C19H21NO/c21-15-7-5-13(6-8-15)18-11-14-9-10-20-12-19(14)17-4-2-1-3-16(17)18/h1-8,14,18-21H,9-12H2. The molecule has 2 aliphatic rings. The molecule has 0 radical (unpaired) electrons. The highest BCUT2D eigenvalue weighted by molar-refractivity contribution is 5.44. The Morgan fingerprint density at radius 1 is 0.952 bits per heavy atom. The van der Waals surface area contributed by atoms with E-state index in [0.717, 1.165) is 19.0 Å². The summed E-state index contributed by atoms with van der Waals surface area (Å²) in [5, 5.41) is 13.1. The van der Waals surface area contributed by atoms with Crippen molar-refractivity contribution in [1.82, 2.24) is 5.32 Å². The van der Waals surface area contributed by atoms with Crippen LogP contribution in [0.25, 0.3) is 0 Å². The molecule has 1 aliphatic heterocycles. The van der Waals surface area contributed by atoms with Crippen LogP contribution in [-0.2, 0) is 0 Å². The van der Waals surface area contributed by atoms with E-state index in [9.17, 15) is 5.11 Å². The number of rotatable bonds is 1. The Morgan fingerprint density at radius 3 is 2.52 bits per heavy atom. The predicted octanol–water partition coefficient (Wildman–Crippen LogP) is 3.62. The first-order valence-corrected chi connectivity index (χ1v) is 7.91. The minimum absolute atomic E-state index is 0.350. The maximum atomic E-state index is 9.53. The Bertz CT molecular complexity index is 634. The quantitative estimate of drug-likeness (QED) is 0.835. The summed E-state index contributed by atoms with van der Waals surface area (Å²) in [6.07, 6.45) is 2.50. The highest BCUT2D eigenvalue weighted by atomic mass is 16.3. The summed E-state index contributed by atoms with van der Waals surface area (Å²) < 4.78 is 0. The van der Waals surface area contributed by atoms with Gasteiger partial charge in [0.05, 0.1) is 0 Å². The molecule has 1 heterocycles. The topological polar surface area (TPSA) is 32.3 Å². The van der Waals surface area contributed by atoms with Crippen LogP contribution in [0.15, 0.2) is 48.5 Å². The zero-order valence-electron chi connectivity index (χ0n) is 12.1. The zero-order chi connectivity index (χ0) is 14.2. The molecule has 4 rings (SSSR count). The molecule has 0 spiro atoms. The molecule has 0 bridgehead atoms. The van der Waals surface area contributed by atoms with E-state index < -0.39 is 0 Å². The van der Waals surface area contributed by atoms with Gasteiger partial charge in [-0.05, 0) is 60.0 Å². The minimum atomic E-state index is 0.350. The van der Waals surface area contributed by atoms with E-state index in [1.165, 1.54) is 29.5 Å². The summed E-state index contributed by atoms with van der Waals surface area (Å²) >= 11 is 0. The highest BCUT2D eigenvalue weighted by Gasteiger charge is 2.36. The van der Waals surface area contributed by atoms with Gasteiger partial charge in [0.2, 0.25) is 0 Å². The molecule has 2 N–H and O–H groups in total. The summed E-state index contributed by atoms with van der Waals surface area (Å²) in [5.41, 5.74) is 4.34. The third-order valence-electron chi connectivity index (χ3n) is 5.23. The number of hydrogen-bond acceptors (Lipinski definition) is 2. The fraction of sp³-hybridized carbons (Fsp3) is 0.368. The Kier molecular flexibility index (Phi) is 3.19. The molecule has 21 heavy (non-hydrogen) atoms. The molecular formula is C19H21NO. The monoisotopic (exact) mass is 279 g/mol. The lowest BCUT2D eigenvalue weighted by Crippen LogP contribution is -2.38. The number of fused-ring (bicyclic) bond motifs is 3. The molecule has 1 fully saturated rings. The van der Waals surface area contributed by atoms with Gasteiger partial charge in [-0.15, -0.1) is 0 Å². The van der Waals surface area contributed by atoms with E-state index >= 15 is 0 Å². The summed E-state index contributed by atoms with van der Waals surface area (Å²) in [4.78, 5) is 0. The molecule has 2 aromatic carbocycles. The van der Waals surface area contributed by atoms with Crippen molar-refractivity contribution in [2.75, 3.05) is 13.1 Å². The van der Waals surface area contributed by atoms with Crippen molar-refractivity contribution in [3.63, 3.8) is 0 Å². The first-order valence-electron chi connectivity index (χ1n) is 7.91. The first kappa shape index (κ1) is 12.9. The summed E-state index contributed by atoms with van der Waals surface area (Å²) in [7, 11) is 0. The predicted molar refractivity (Wildman–Crippen MR) is 84.7 cm³/mol. The maximum Gasteiger partial charge on any atom is 0.115 e. The molecule has 2 aromatic rings. The van der Waals surface area contributed by atoms with Gasteiger partial charge in [0, 0.05) is 12.5 Å². The molecule has 2 nitrogen and oxygen atoms in total. The van der Waals surface area contributed by atoms with Crippen LogP contribution in [0.3, 0.4) is 0 Å². The smallest absolute Gasteiger partial charge is 0.115 e. The lowest BCUT2D eigenvalue weighted by Gasteiger charge is -2.41. The third-order valence-corrected chi connectivity index (χ3v) is 5.23. The van der Waals surface area contributed by atoms with Crippen molar-refractivity contribution in [2.24, 2.45) is 5.92 Å². The Morgan fingerprint density at radius 2 is 1.71 bits per heavy atom. The van der Waals surface area contributed by atoms with Crippen LogP contribution in [0.1, 0.15) is 41.4 Å². The third kappa shape index (κ3) is 2.24. The van der Waals surface area contributed by atoms with Crippen molar-refractivity contribution in [3.8, 4) is 5.75 Å². The molecule has 0 aromatic heterocycles.